The minimum absolute atomic E-state index is 0.0314. The third-order valence-electron chi connectivity index (χ3n) is 5.53. The van der Waals surface area contributed by atoms with E-state index in [0.717, 1.165) is 43.1 Å². The highest BCUT2D eigenvalue weighted by atomic mass is 32.2. The van der Waals surface area contributed by atoms with Crippen molar-refractivity contribution in [3.05, 3.63) is 29.3 Å². The Morgan fingerprint density at radius 1 is 1.31 bits per heavy atom. The van der Waals surface area contributed by atoms with Gasteiger partial charge in [0.1, 0.15) is 5.75 Å². The van der Waals surface area contributed by atoms with E-state index in [1.165, 1.54) is 0 Å². The Labute approximate surface area is 156 Å². The highest BCUT2D eigenvalue weighted by Gasteiger charge is 2.45. The van der Waals surface area contributed by atoms with Crippen LogP contribution in [-0.2, 0) is 15.7 Å². The van der Waals surface area contributed by atoms with Crippen molar-refractivity contribution in [3.8, 4) is 5.75 Å². The molecular formula is C18H29N3O4S. The number of ether oxygens (including phenoxy) is 1. The van der Waals surface area contributed by atoms with Gasteiger partial charge in [-0.1, -0.05) is 26.8 Å². The summed E-state index contributed by atoms with van der Waals surface area (Å²) >= 11 is 0. The molecule has 0 radical (unpaired) electrons. The molecule has 2 heterocycles. The first-order chi connectivity index (χ1) is 12.1. The quantitative estimate of drug-likeness (QED) is 0.754. The molecule has 2 aliphatic rings. The molecule has 1 aromatic carbocycles. The Balaban J connectivity index is 1.86. The van der Waals surface area contributed by atoms with Crippen LogP contribution in [0, 0.1) is 0 Å². The molecule has 0 saturated carbocycles. The standard InChI is InChI=1S/C18H29N3O4S/c1-5-15(19-26(22,23)24)13-6-7-16-14(12-13)18(2,3)17(25-16)21-10-8-20(4)9-11-21/h6-7,12,15,17,19H,5,8-11H2,1-4H3,(H,22,23,24). The molecule has 2 N–H and O–H groups in total. The van der Waals surface area contributed by atoms with E-state index in [-0.39, 0.29) is 11.6 Å². The third kappa shape index (κ3) is 3.89. The molecular weight excluding hydrogens is 354 g/mol. The number of hydrogen-bond donors (Lipinski definition) is 2. The van der Waals surface area contributed by atoms with Crippen molar-refractivity contribution in [2.45, 2.75) is 44.9 Å². The van der Waals surface area contributed by atoms with Crippen LogP contribution in [0.4, 0.5) is 0 Å². The third-order valence-corrected chi connectivity index (χ3v) is 6.11. The Morgan fingerprint density at radius 3 is 2.54 bits per heavy atom. The van der Waals surface area contributed by atoms with Crippen molar-refractivity contribution in [1.29, 1.82) is 0 Å². The molecule has 0 spiro atoms. The second-order valence-electron chi connectivity index (χ2n) is 7.84. The second kappa shape index (κ2) is 7.09. The van der Waals surface area contributed by atoms with Gasteiger partial charge < -0.3 is 9.64 Å². The molecule has 2 unspecified atom stereocenters. The van der Waals surface area contributed by atoms with Gasteiger partial charge in [-0.2, -0.15) is 13.1 Å². The fourth-order valence-corrected chi connectivity index (χ4v) is 4.59. The van der Waals surface area contributed by atoms with Crippen LogP contribution in [0.25, 0.3) is 0 Å². The summed E-state index contributed by atoms with van der Waals surface area (Å²) in [7, 11) is -2.12. The van der Waals surface area contributed by atoms with Gasteiger partial charge in [0.2, 0.25) is 0 Å². The summed E-state index contributed by atoms with van der Waals surface area (Å²) in [4.78, 5) is 4.70. The molecule has 0 bridgehead atoms. The van der Waals surface area contributed by atoms with Crippen molar-refractivity contribution >= 4 is 10.3 Å². The van der Waals surface area contributed by atoms with E-state index >= 15 is 0 Å². The van der Waals surface area contributed by atoms with E-state index in [0.29, 0.717) is 6.42 Å². The summed E-state index contributed by atoms with van der Waals surface area (Å²) in [6.07, 6.45) is 0.512. The highest BCUT2D eigenvalue weighted by molar-refractivity contribution is 7.83. The monoisotopic (exact) mass is 383 g/mol. The number of likely N-dealkylation sites (N-methyl/N-ethyl adjacent to an activating group) is 1. The number of piperazine rings is 1. The van der Waals surface area contributed by atoms with E-state index in [2.05, 4.69) is 35.4 Å². The van der Waals surface area contributed by atoms with Gasteiger partial charge in [-0.15, -0.1) is 0 Å². The lowest BCUT2D eigenvalue weighted by Gasteiger charge is -2.40. The Kier molecular flexibility index (Phi) is 5.33. The molecule has 1 fully saturated rings. The Bertz CT molecular complexity index is 758. The van der Waals surface area contributed by atoms with Crippen LogP contribution in [0.1, 0.15) is 44.4 Å². The van der Waals surface area contributed by atoms with Crippen LogP contribution in [-0.4, -0.2) is 62.2 Å². The zero-order valence-corrected chi connectivity index (χ0v) is 16.7. The van der Waals surface area contributed by atoms with E-state index in [4.69, 9.17) is 9.29 Å². The Hall–Kier alpha value is -1.19. The number of nitrogens with zero attached hydrogens (tertiary/aromatic N) is 2. The van der Waals surface area contributed by atoms with Crippen molar-refractivity contribution in [3.63, 3.8) is 0 Å². The molecule has 1 aromatic rings. The summed E-state index contributed by atoms with van der Waals surface area (Å²) in [6, 6.07) is 5.33. The summed E-state index contributed by atoms with van der Waals surface area (Å²) in [5.74, 6) is 0.851. The molecule has 7 nitrogen and oxygen atoms in total. The summed E-state index contributed by atoms with van der Waals surface area (Å²) in [5.41, 5.74) is 1.70. The lowest BCUT2D eigenvalue weighted by Crippen LogP contribution is -2.55. The molecule has 2 atom stereocenters. The minimum atomic E-state index is -4.25. The van der Waals surface area contributed by atoms with Crippen molar-refractivity contribution in [2.24, 2.45) is 0 Å². The van der Waals surface area contributed by atoms with Gasteiger partial charge in [-0.3, -0.25) is 9.45 Å². The number of benzene rings is 1. The summed E-state index contributed by atoms with van der Waals surface area (Å²) in [5, 5.41) is 0. The molecule has 0 amide bonds. The number of nitrogens with one attached hydrogen (secondary N) is 1. The first-order valence-electron chi connectivity index (χ1n) is 9.10. The number of hydrogen-bond acceptors (Lipinski definition) is 5. The fourth-order valence-electron chi connectivity index (χ4n) is 3.93. The van der Waals surface area contributed by atoms with Crippen LogP contribution in [0.15, 0.2) is 18.2 Å². The number of rotatable bonds is 5. The van der Waals surface area contributed by atoms with Gasteiger partial charge in [0, 0.05) is 43.2 Å². The van der Waals surface area contributed by atoms with Gasteiger partial charge in [0.05, 0.1) is 0 Å². The van der Waals surface area contributed by atoms with Crippen molar-refractivity contribution in [1.82, 2.24) is 14.5 Å². The van der Waals surface area contributed by atoms with Gasteiger partial charge in [0.15, 0.2) is 6.23 Å². The smallest absolute Gasteiger partial charge is 0.333 e. The van der Waals surface area contributed by atoms with Crippen LogP contribution in [0.5, 0.6) is 5.75 Å². The van der Waals surface area contributed by atoms with Gasteiger partial charge >= 0.3 is 10.3 Å². The van der Waals surface area contributed by atoms with E-state index in [1.807, 2.05) is 25.1 Å². The van der Waals surface area contributed by atoms with Crippen LogP contribution < -0.4 is 9.46 Å². The average Bonchev–Trinajstić information content (AvgIpc) is 2.83. The summed E-state index contributed by atoms with van der Waals surface area (Å²) in [6.45, 7) is 10.2. The van der Waals surface area contributed by atoms with Crippen LogP contribution in [0.2, 0.25) is 0 Å². The molecule has 146 valence electrons. The molecule has 2 aliphatic heterocycles. The second-order valence-corrected chi connectivity index (χ2v) is 9.03. The maximum absolute atomic E-state index is 11.2. The zero-order valence-electron chi connectivity index (χ0n) is 15.9. The largest absolute Gasteiger partial charge is 0.474 e. The predicted octanol–water partition coefficient (Wildman–Crippen LogP) is 1.77. The zero-order chi connectivity index (χ0) is 19.1. The molecule has 0 aromatic heterocycles. The molecule has 0 aliphatic carbocycles. The van der Waals surface area contributed by atoms with Gasteiger partial charge in [0.25, 0.3) is 0 Å². The predicted molar refractivity (Wildman–Crippen MR) is 101 cm³/mol. The lowest BCUT2D eigenvalue weighted by atomic mass is 9.82. The van der Waals surface area contributed by atoms with Gasteiger partial charge in [-0.05, 0) is 31.2 Å². The fraction of sp³-hybridized carbons (Fsp3) is 0.667. The number of fused-ring (bicyclic) bond motifs is 1. The maximum atomic E-state index is 11.2. The van der Waals surface area contributed by atoms with E-state index in [9.17, 15) is 8.42 Å². The Morgan fingerprint density at radius 2 is 1.96 bits per heavy atom. The SMILES string of the molecule is CCC(NS(=O)(=O)O)c1ccc2c(c1)C(C)(C)C(N1CCN(C)CC1)O2. The minimum Gasteiger partial charge on any atom is -0.474 e. The van der Waals surface area contributed by atoms with Crippen molar-refractivity contribution < 1.29 is 17.7 Å². The normalized spacial score (nSPS) is 24.9. The van der Waals surface area contributed by atoms with Crippen LogP contribution in [0.3, 0.4) is 0 Å². The highest BCUT2D eigenvalue weighted by Crippen LogP contribution is 2.45. The average molecular weight is 384 g/mol. The molecule has 26 heavy (non-hydrogen) atoms. The van der Waals surface area contributed by atoms with Gasteiger partial charge in [-0.25, -0.2) is 0 Å². The van der Waals surface area contributed by atoms with E-state index in [1.54, 1.807) is 0 Å². The topological polar surface area (TPSA) is 82.1 Å². The molecule has 8 heteroatoms. The van der Waals surface area contributed by atoms with Crippen molar-refractivity contribution in [2.75, 3.05) is 33.2 Å². The molecule has 1 saturated heterocycles. The lowest BCUT2D eigenvalue weighted by molar-refractivity contribution is -0.0257. The summed E-state index contributed by atoms with van der Waals surface area (Å²) < 4.78 is 40.2. The maximum Gasteiger partial charge on any atom is 0.333 e. The van der Waals surface area contributed by atoms with Crippen LogP contribution >= 0.6 is 0 Å². The van der Waals surface area contributed by atoms with E-state index < -0.39 is 16.3 Å². The first-order valence-corrected chi connectivity index (χ1v) is 10.5. The first kappa shape index (κ1) is 19.6. The molecule has 3 rings (SSSR count).